The number of fused-ring (bicyclic) bond motifs is 6. The van der Waals surface area contributed by atoms with E-state index in [1.165, 1.54) is 44.4 Å². The standard InChI is InChI=1S/C87H96F2N2O4SSi/c1-54-30-34-66-68-36-32-63(96(15,16)62-26-21-19-22-27-62)50-76(68)90(74(66)40-54)78-46-58(86(11,12)52-84(5,6)7)44-70(80(78)92)72-48-60(88)42-56(3)82(72)94-38-25-39-95-83-57(4)43-61(89)49-73(83)71-45-59(87(13,14)53-85(8,9)10)47-79(81(71)93)91-75-41-55(2)31-35-67(75)69-37-33-65(51-77(69)91)97(17,18)64-28-23-20-24-29-64/h19-24,26-37,40-51,92-93H,25,38-39,52-53H2,1-18H3. The second-order valence-electron chi connectivity index (χ2n) is 32.0. The highest BCUT2D eigenvalue weighted by Gasteiger charge is 2.35. The predicted molar refractivity (Wildman–Crippen MR) is 410 cm³/mol. The quantitative estimate of drug-likeness (QED) is 0.0664. The zero-order chi connectivity index (χ0) is 69.6. The van der Waals surface area contributed by atoms with Crippen LogP contribution in [0.1, 0.15) is 122 Å². The van der Waals surface area contributed by atoms with Gasteiger partial charge in [-0.1, -0.05) is 184 Å². The minimum atomic E-state index is -2.21. The third kappa shape index (κ3) is 13.3. The lowest BCUT2D eigenvalue weighted by Gasteiger charge is -2.34. The molecule has 6 nitrogen and oxygen atoms in total. The summed E-state index contributed by atoms with van der Waals surface area (Å²) in [6.45, 7) is 35.5. The first-order valence-electron chi connectivity index (χ1n) is 34.2. The first-order valence-corrected chi connectivity index (χ1v) is 39.6. The second kappa shape index (κ2) is 25.4. The smallest absolute Gasteiger partial charge is 0.147 e. The number of aryl methyl sites for hydroxylation is 4. The Hall–Kier alpha value is -8.57. The summed E-state index contributed by atoms with van der Waals surface area (Å²) in [5.74, 6) is 0.0311. The number of halogens is 2. The monoisotopic (exact) mass is 1330 g/mol. The third-order valence-corrected chi connectivity index (χ3v) is 26.4. The second-order valence-corrected chi connectivity index (χ2v) is 40.0. The van der Waals surface area contributed by atoms with Crippen molar-refractivity contribution in [3.63, 3.8) is 0 Å². The average molecular weight is 1330 g/mol. The lowest BCUT2D eigenvalue weighted by Crippen LogP contribution is -2.52. The molecule has 12 rings (SSSR count). The fourth-order valence-electron chi connectivity index (χ4n) is 15.7. The largest absolute Gasteiger partial charge is 0.505 e. The topological polar surface area (TPSA) is 68.8 Å². The molecule has 502 valence electrons. The molecule has 0 fully saturated rings. The van der Waals surface area contributed by atoms with Gasteiger partial charge in [0.1, 0.15) is 42.7 Å². The number of phenolic OH excluding ortho intramolecular Hbond substituents is 2. The van der Waals surface area contributed by atoms with E-state index in [-0.39, 0.29) is 35.5 Å². The minimum absolute atomic E-state index is 0.0112. The fourth-order valence-corrected chi connectivity index (χ4v) is 19.9. The summed E-state index contributed by atoms with van der Waals surface area (Å²) in [7, 11) is -3.68. The van der Waals surface area contributed by atoms with E-state index in [1.54, 1.807) is 0 Å². The van der Waals surface area contributed by atoms with Crippen LogP contribution in [0.25, 0.3) is 77.2 Å². The van der Waals surface area contributed by atoms with Gasteiger partial charge < -0.3 is 28.8 Å². The molecule has 0 unspecified atom stereocenters. The average Bonchev–Trinajstić information content (AvgIpc) is 1.62. The highest BCUT2D eigenvalue weighted by atomic mass is 32.3. The molecule has 2 aromatic heterocycles. The van der Waals surface area contributed by atoms with Gasteiger partial charge in [-0.3, -0.25) is 0 Å². The maximum atomic E-state index is 16.4. The van der Waals surface area contributed by atoms with Gasteiger partial charge in [0.05, 0.1) is 46.7 Å². The molecular weight excluding hydrogens is 1240 g/mol. The Kier molecular flexibility index (Phi) is 17.9. The zero-order valence-corrected chi connectivity index (χ0v) is 61.9. The molecule has 0 spiro atoms. The van der Waals surface area contributed by atoms with Crippen LogP contribution in [-0.4, -0.2) is 53.1 Å². The molecule has 0 bridgehead atoms. The van der Waals surface area contributed by atoms with Crippen molar-refractivity contribution in [2.24, 2.45) is 10.8 Å². The van der Waals surface area contributed by atoms with Crippen LogP contribution < -0.4 is 19.8 Å². The summed E-state index contributed by atoms with van der Waals surface area (Å²) in [5.41, 5.74) is 11.3. The van der Waals surface area contributed by atoms with Gasteiger partial charge in [-0.2, -0.15) is 10.0 Å². The predicted octanol–water partition coefficient (Wildman–Crippen LogP) is 22.7. The summed E-state index contributed by atoms with van der Waals surface area (Å²) in [5, 5.41) is 33.4. The Balaban J connectivity index is 0.937. The first-order chi connectivity index (χ1) is 45.6. The van der Waals surface area contributed by atoms with Gasteiger partial charge in [0.15, 0.2) is 0 Å². The van der Waals surface area contributed by atoms with Crippen LogP contribution >= 0.6 is 10.0 Å². The number of hydrogen-bond donors (Lipinski definition) is 2. The van der Waals surface area contributed by atoms with E-state index in [0.717, 1.165) is 78.7 Å². The Bertz CT molecular complexity index is 4710. The van der Waals surface area contributed by atoms with Crippen LogP contribution in [0.15, 0.2) is 192 Å². The van der Waals surface area contributed by atoms with E-state index in [9.17, 15) is 10.2 Å². The minimum Gasteiger partial charge on any atom is -0.505 e. The summed E-state index contributed by atoms with van der Waals surface area (Å²) < 4.78 is 50.9. The number of ether oxygens (including phenoxy) is 2. The lowest BCUT2D eigenvalue weighted by molar-refractivity contribution is 0.246. The van der Waals surface area contributed by atoms with Gasteiger partial charge in [0, 0.05) is 50.2 Å². The normalized spacial score (nSPS) is 13.0. The Morgan fingerprint density at radius 1 is 0.423 bits per heavy atom. The number of nitrogens with zero attached hydrogens (tertiary/aromatic N) is 2. The molecule has 2 heterocycles. The fraction of sp³-hybridized carbons (Fsp3) is 0.310. The van der Waals surface area contributed by atoms with Crippen LogP contribution in [0.2, 0.25) is 13.1 Å². The van der Waals surface area contributed by atoms with Crippen molar-refractivity contribution in [3.8, 4) is 56.6 Å². The molecule has 97 heavy (non-hydrogen) atoms. The maximum Gasteiger partial charge on any atom is 0.147 e. The molecule has 0 radical (unpaired) electrons. The number of rotatable bonds is 18. The summed E-state index contributed by atoms with van der Waals surface area (Å²) in [6.07, 6.45) is 6.71. The van der Waals surface area contributed by atoms with Crippen LogP contribution in [-0.2, 0) is 10.8 Å². The summed E-state index contributed by atoms with van der Waals surface area (Å²) >= 11 is 0. The van der Waals surface area contributed by atoms with Gasteiger partial charge in [-0.05, 0) is 209 Å². The van der Waals surface area contributed by atoms with Crippen molar-refractivity contribution < 1.29 is 28.5 Å². The summed E-state index contributed by atoms with van der Waals surface area (Å²) in [6, 6.07) is 62.5. The van der Waals surface area contributed by atoms with Crippen LogP contribution in [0.3, 0.4) is 0 Å². The first kappa shape index (κ1) is 68.4. The zero-order valence-electron chi connectivity index (χ0n) is 60.1. The van der Waals surface area contributed by atoms with Crippen molar-refractivity contribution in [1.29, 1.82) is 0 Å². The van der Waals surface area contributed by atoms with Gasteiger partial charge in [-0.15, -0.1) is 0 Å². The molecule has 0 atom stereocenters. The van der Waals surface area contributed by atoms with E-state index in [4.69, 9.17) is 9.47 Å². The van der Waals surface area contributed by atoms with Crippen LogP contribution in [0.4, 0.5) is 8.78 Å². The SMILES string of the molecule is Cc1ccc2c3ccc([Si](C)(C)c4ccccc4)cc3n(-c3cc(C(C)(C)CC(C)(C)C)cc(-c4cc(F)cc(C)c4OCCCOc4c(C)cc(F)cc4-c4cc(C(C)(C)CC(C)(C)C)cc(-n5c6cc(C)ccc6c6ccc(S(C)(C)c7ccccc7)cc65)c4O)c3O)c2c1. The third-order valence-electron chi connectivity index (χ3n) is 20.0. The Morgan fingerprint density at radius 2 is 0.825 bits per heavy atom. The maximum absolute atomic E-state index is 16.4. The van der Waals surface area contributed by atoms with Gasteiger partial charge in [0.25, 0.3) is 0 Å². The van der Waals surface area contributed by atoms with Crippen molar-refractivity contribution in [3.05, 3.63) is 227 Å². The van der Waals surface area contributed by atoms with Gasteiger partial charge in [0.2, 0.25) is 0 Å². The number of aromatic hydroxyl groups is 2. The molecule has 0 saturated carbocycles. The molecule has 0 aliphatic heterocycles. The molecular formula is C87H96F2N2O4SSi. The van der Waals surface area contributed by atoms with Crippen molar-refractivity contribution in [2.75, 3.05) is 25.7 Å². The van der Waals surface area contributed by atoms with Crippen molar-refractivity contribution in [2.45, 2.75) is 150 Å². The Morgan fingerprint density at radius 3 is 1.27 bits per heavy atom. The van der Waals surface area contributed by atoms with Crippen molar-refractivity contribution >= 4 is 72.1 Å². The van der Waals surface area contributed by atoms with E-state index in [0.29, 0.717) is 62.7 Å². The molecule has 0 saturated heterocycles. The molecule has 0 aliphatic rings. The highest BCUT2D eigenvalue weighted by Crippen LogP contribution is 2.58. The number of aromatic nitrogens is 2. The van der Waals surface area contributed by atoms with Gasteiger partial charge >= 0.3 is 0 Å². The molecule has 12 aromatic rings. The number of benzene rings is 10. The molecule has 0 amide bonds. The van der Waals surface area contributed by atoms with E-state index in [1.807, 2.05) is 26.0 Å². The van der Waals surface area contributed by atoms with Crippen LogP contribution in [0, 0.1) is 50.2 Å². The lowest BCUT2D eigenvalue weighted by atomic mass is 9.71. The molecule has 10 aromatic carbocycles. The van der Waals surface area contributed by atoms with Gasteiger partial charge in [-0.25, -0.2) is 8.78 Å². The molecule has 10 heteroatoms. The molecule has 0 aliphatic carbocycles. The van der Waals surface area contributed by atoms with Crippen LogP contribution in [0.5, 0.6) is 23.0 Å². The van der Waals surface area contributed by atoms with E-state index >= 15 is 8.78 Å². The van der Waals surface area contributed by atoms with E-state index in [2.05, 4.69) is 263 Å². The Labute approximate surface area is 576 Å². The molecule has 2 N–H and O–H groups in total. The van der Waals surface area contributed by atoms with Crippen molar-refractivity contribution in [1.82, 2.24) is 9.13 Å². The number of hydrogen-bond acceptors (Lipinski definition) is 4. The van der Waals surface area contributed by atoms with E-state index < -0.39 is 40.6 Å². The highest BCUT2D eigenvalue weighted by molar-refractivity contribution is 8.32. The summed E-state index contributed by atoms with van der Waals surface area (Å²) in [4.78, 5) is 2.49. The number of phenols is 2.